The van der Waals surface area contributed by atoms with Crippen LogP contribution < -0.4 is 9.47 Å². The number of ketones is 1. The third-order valence-corrected chi connectivity index (χ3v) is 7.54. The van der Waals surface area contributed by atoms with Crippen LogP contribution in [0.15, 0.2) is 52.9 Å². The minimum atomic E-state index is -3.68. The Morgan fingerprint density at radius 1 is 1.00 bits per heavy atom. The minimum absolute atomic E-state index is 0.0241. The molecule has 0 aromatic heterocycles. The van der Waals surface area contributed by atoms with Crippen molar-refractivity contribution in [1.82, 2.24) is 9.21 Å². The molecule has 0 spiro atoms. The maximum absolute atomic E-state index is 13.1. The van der Waals surface area contributed by atoms with Gasteiger partial charge in [0.05, 0.1) is 37.3 Å². The highest BCUT2D eigenvalue weighted by molar-refractivity contribution is 7.89. The molecule has 0 aliphatic carbocycles. The number of ether oxygens (including phenoxy) is 3. The summed E-state index contributed by atoms with van der Waals surface area (Å²) in [7, 11) is 3.57. The lowest BCUT2D eigenvalue weighted by Gasteiger charge is -2.25. The second-order valence-electron chi connectivity index (χ2n) is 7.91. The number of aliphatic hydroxyl groups excluding tert-OH is 1. The predicted molar refractivity (Wildman–Crippen MR) is 128 cm³/mol. The largest absolute Gasteiger partial charge is 0.507 e. The second-order valence-corrected chi connectivity index (χ2v) is 10.1. The molecule has 2 aromatic rings. The van der Waals surface area contributed by atoms with Crippen LogP contribution in [-0.2, 0) is 24.3 Å². The molecule has 10 nitrogen and oxygen atoms in total. The van der Waals surface area contributed by atoms with E-state index in [2.05, 4.69) is 0 Å². The molecule has 1 amide bonds. The maximum Gasteiger partial charge on any atom is 0.295 e. The summed E-state index contributed by atoms with van der Waals surface area (Å²) in [4.78, 5) is 27.3. The number of rotatable bonds is 9. The molecule has 0 bridgehead atoms. The van der Waals surface area contributed by atoms with Crippen molar-refractivity contribution in [3.63, 3.8) is 0 Å². The van der Waals surface area contributed by atoms with Gasteiger partial charge >= 0.3 is 0 Å². The predicted octanol–water partition coefficient (Wildman–Crippen LogP) is 2.02. The Balaban J connectivity index is 2.16. The number of aliphatic hydroxyl groups is 1. The highest BCUT2D eigenvalue weighted by Gasteiger charge is 2.46. The van der Waals surface area contributed by atoms with Gasteiger partial charge in [-0.3, -0.25) is 9.59 Å². The molecular formula is C24H28N2O8S. The van der Waals surface area contributed by atoms with Gasteiger partial charge in [-0.2, -0.15) is 0 Å². The van der Waals surface area contributed by atoms with E-state index in [9.17, 15) is 23.1 Å². The number of benzene rings is 2. The van der Waals surface area contributed by atoms with E-state index < -0.39 is 33.5 Å². The molecule has 1 aliphatic heterocycles. The zero-order valence-electron chi connectivity index (χ0n) is 20.1. The van der Waals surface area contributed by atoms with Crippen molar-refractivity contribution < 1.29 is 37.3 Å². The quantitative estimate of drug-likeness (QED) is 0.313. The first-order valence-corrected chi connectivity index (χ1v) is 12.0. The minimum Gasteiger partial charge on any atom is -0.507 e. The molecule has 35 heavy (non-hydrogen) atoms. The number of carbonyl (C=O) groups excluding carboxylic acids is 2. The third kappa shape index (κ3) is 4.88. The Bertz CT molecular complexity index is 1250. The number of amides is 1. The molecule has 1 atom stereocenters. The standard InChI is InChI=1S/C24H28N2O8S/c1-25(2)35(30,31)17-9-6-15(7-10-17)22(27)20-21(26(12-13-32-3)24(29)23(20)28)16-8-11-18(33-4)19(14-16)34-5/h6-11,14,21,27H,12-13H2,1-5H3/t21-/m0/s1. The molecule has 1 saturated heterocycles. The highest BCUT2D eigenvalue weighted by Crippen LogP contribution is 2.41. The SMILES string of the molecule is COCCN1C(=O)C(=O)C(=C(O)c2ccc(S(=O)(=O)N(C)C)cc2)[C@@H]1c1ccc(OC)c(OC)c1. The molecule has 1 fully saturated rings. The van der Waals surface area contributed by atoms with Crippen LogP contribution >= 0.6 is 0 Å². The van der Waals surface area contributed by atoms with Gasteiger partial charge in [0.2, 0.25) is 10.0 Å². The monoisotopic (exact) mass is 504 g/mol. The number of methoxy groups -OCH3 is 3. The summed E-state index contributed by atoms with van der Waals surface area (Å²) in [6.07, 6.45) is 0. The van der Waals surface area contributed by atoms with Crippen LogP contribution in [0.25, 0.3) is 5.76 Å². The molecule has 2 aromatic carbocycles. The van der Waals surface area contributed by atoms with Crippen LogP contribution in [0.2, 0.25) is 0 Å². The van der Waals surface area contributed by atoms with Crippen LogP contribution in [0.1, 0.15) is 17.2 Å². The molecule has 3 rings (SSSR count). The van der Waals surface area contributed by atoms with Crippen molar-refractivity contribution in [3.05, 3.63) is 59.2 Å². The van der Waals surface area contributed by atoms with Gasteiger partial charge < -0.3 is 24.2 Å². The first kappa shape index (κ1) is 26.2. The highest BCUT2D eigenvalue weighted by atomic mass is 32.2. The number of hydrogen-bond acceptors (Lipinski definition) is 8. The molecule has 1 N–H and O–H groups in total. The van der Waals surface area contributed by atoms with Crippen molar-refractivity contribution in [2.24, 2.45) is 0 Å². The van der Waals surface area contributed by atoms with Crippen LogP contribution in [0.5, 0.6) is 11.5 Å². The van der Waals surface area contributed by atoms with E-state index in [1.54, 1.807) is 18.2 Å². The summed E-state index contributed by atoms with van der Waals surface area (Å²) in [5, 5.41) is 11.1. The van der Waals surface area contributed by atoms with Crippen LogP contribution in [0, 0.1) is 0 Å². The molecule has 0 radical (unpaired) electrons. The lowest BCUT2D eigenvalue weighted by molar-refractivity contribution is -0.140. The van der Waals surface area contributed by atoms with Gasteiger partial charge in [0, 0.05) is 33.3 Å². The number of nitrogens with zero attached hydrogens (tertiary/aromatic N) is 2. The Labute approximate surface area is 204 Å². The van der Waals surface area contributed by atoms with Gasteiger partial charge in [-0.25, -0.2) is 12.7 Å². The fourth-order valence-electron chi connectivity index (χ4n) is 3.82. The zero-order chi connectivity index (χ0) is 25.9. The van der Waals surface area contributed by atoms with Crippen molar-refractivity contribution in [2.45, 2.75) is 10.9 Å². The Kier molecular flexibility index (Phi) is 7.83. The van der Waals surface area contributed by atoms with E-state index in [0.29, 0.717) is 17.1 Å². The molecule has 1 aliphatic rings. The zero-order valence-corrected chi connectivity index (χ0v) is 21.0. The third-order valence-electron chi connectivity index (χ3n) is 5.71. The van der Waals surface area contributed by atoms with Crippen molar-refractivity contribution in [2.75, 3.05) is 48.6 Å². The van der Waals surface area contributed by atoms with Crippen molar-refractivity contribution in [3.8, 4) is 11.5 Å². The summed E-state index contributed by atoms with van der Waals surface area (Å²) in [5.41, 5.74) is 0.589. The topological polar surface area (TPSA) is 123 Å². The Morgan fingerprint density at radius 2 is 1.63 bits per heavy atom. The van der Waals surface area contributed by atoms with Crippen LogP contribution in [0.4, 0.5) is 0 Å². The molecular weight excluding hydrogens is 476 g/mol. The van der Waals surface area contributed by atoms with Crippen molar-refractivity contribution in [1.29, 1.82) is 0 Å². The van der Waals surface area contributed by atoms with Gasteiger partial charge in [-0.05, 0) is 42.0 Å². The van der Waals surface area contributed by atoms with E-state index in [-0.39, 0.29) is 29.2 Å². The van der Waals surface area contributed by atoms with E-state index in [0.717, 1.165) is 4.31 Å². The number of hydrogen-bond donors (Lipinski definition) is 1. The summed E-state index contributed by atoms with van der Waals surface area (Å²) >= 11 is 0. The average Bonchev–Trinajstić information content (AvgIpc) is 3.11. The first-order chi connectivity index (χ1) is 16.6. The summed E-state index contributed by atoms with van der Waals surface area (Å²) in [6.45, 7) is 0.283. The van der Waals surface area contributed by atoms with E-state index in [1.165, 1.54) is 64.6 Å². The van der Waals surface area contributed by atoms with Crippen molar-refractivity contribution >= 4 is 27.5 Å². The normalized spacial score (nSPS) is 17.8. The lowest BCUT2D eigenvalue weighted by Crippen LogP contribution is -2.32. The van der Waals surface area contributed by atoms with E-state index in [4.69, 9.17) is 14.2 Å². The van der Waals surface area contributed by atoms with Crippen LogP contribution in [0.3, 0.4) is 0 Å². The molecule has 0 unspecified atom stereocenters. The fraction of sp³-hybridized carbons (Fsp3) is 0.333. The molecule has 188 valence electrons. The van der Waals surface area contributed by atoms with E-state index in [1.807, 2.05) is 0 Å². The maximum atomic E-state index is 13.1. The number of sulfonamides is 1. The van der Waals surface area contributed by atoms with Gasteiger partial charge in [0.15, 0.2) is 11.5 Å². The smallest absolute Gasteiger partial charge is 0.295 e. The number of carbonyl (C=O) groups is 2. The first-order valence-electron chi connectivity index (χ1n) is 10.6. The number of Topliss-reactive ketones (excluding diaryl/α,β-unsaturated/α-hetero) is 1. The fourth-order valence-corrected chi connectivity index (χ4v) is 4.72. The lowest BCUT2D eigenvalue weighted by atomic mass is 9.95. The van der Waals surface area contributed by atoms with Gasteiger partial charge in [0.25, 0.3) is 11.7 Å². The summed E-state index contributed by atoms with van der Waals surface area (Å²) in [5.74, 6) is -1.21. The molecule has 11 heteroatoms. The van der Waals surface area contributed by atoms with E-state index >= 15 is 0 Å². The Hall–Kier alpha value is -3.41. The van der Waals surface area contributed by atoms with Gasteiger partial charge in [0.1, 0.15) is 5.76 Å². The van der Waals surface area contributed by atoms with Gasteiger partial charge in [-0.15, -0.1) is 0 Å². The van der Waals surface area contributed by atoms with Gasteiger partial charge in [-0.1, -0.05) is 6.07 Å². The Morgan fingerprint density at radius 3 is 2.17 bits per heavy atom. The van der Waals surface area contributed by atoms with Crippen LogP contribution in [-0.4, -0.2) is 83.0 Å². The second kappa shape index (κ2) is 10.5. The number of likely N-dealkylation sites (tertiary alicyclic amines) is 1. The summed E-state index contributed by atoms with van der Waals surface area (Å²) in [6, 6.07) is 9.47. The molecule has 0 saturated carbocycles. The molecule has 1 heterocycles. The summed E-state index contributed by atoms with van der Waals surface area (Å²) < 4.78 is 41.6. The average molecular weight is 505 g/mol.